The Labute approximate surface area is 229 Å². The first-order chi connectivity index (χ1) is 18.9. The number of aromatic carboxylic acids is 1. The first-order valence-electron chi connectivity index (χ1n) is 13.0. The van der Waals surface area contributed by atoms with E-state index in [9.17, 15) is 19.5 Å². The zero-order valence-corrected chi connectivity index (χ0v) is 22.5. The number of nitrogens with zero attached hydrogens (tertiary/aromatic N) is 2. The Kier molecular flexibility index (Phi) is 6.38. The van der Waals surface area contributed by atoms with Gasteiger partial charge in [-0.2, -0.15) is 0 Å². The minimum atomic E-state index is -1.23. The number of carbonyl (C=O) groups is 2. The molecule has 1 aliphatic carbocycles. The number of pyridine rings is 1. The van der Waals surface area contributed by atoms with E-state index in [1.54, 1.807) is 29.4 Å². The molecule has 1 N–H and O–H groups in total. The lowest BCUT2D eigenvalue weighted by Gasteiger charge is -2.32. The molecule has 1 atom stereocenters. The third kappa shape index (κ3) is 4.46. The van der Waals surface area contributed by atoms with Gasteiger partial charge in [-0.05, 0) is 55.5 Å². The van der Waals surface area contributed by atoms with Crippen LogP contribution in [0.4, 0.5) is 4.79 Å². The van der Waals surface area contributed by atoms with E-state index in [1.807, 2.05) is 47.9 Å². The highest BCUT2D eigenvalue weighted by Crippen LogP contribution is 2.46. The Hall–Kier alpha value is -4.11. The lowest BCUT2D eigenvalue weighted by molar-refractivity contribution is 0.0694. The highest BCUT2D eigenvalue weighted by Gasteiger charge is 2.32. The number of fused-ring (bicyclic) bond motifs is 2. The smallest absolute Gasteiger partial charge is 0.410 e. The molecule has 1 saturated carbocycles. The van der Waals surface area contributed by atoms with E-state index in [4.69, 9.17) is 9.47 Å². The SMILES string of the molecule is COc1c(-c2cc3c(s2)CCN(C(=O)OCc2ccccc2)C3C)ccc2c(=O)c(C(=O)O)cn(C3CC3)c12. The van der Waals surface area contributed by atoms with Gasteiger partial charge in [0.15, 0.2) is 5.75 Å². The maximum absolute atomic E-state index is 13.0. The second-order valence-electron chi connectivity index (χ2n) is 10.0. The highest BCUT2D eigenvalue weighted by molar-refractivity contribution is 7.15. The summed E-state index contributed by atoms with van der Waals surface area (Å²) in [5, 5.41) is 9.94. The number of hydrogen-bond acceptors (Lipinski definition) is 6. The molecule has 2 aliphatic rings. The highest BCUT2D eigenvalue weighted by atomic mass is 32.1. The maximum atomic E-state index is 13.0. The Morgan fingerprint density at radius 2 is 1.90 bits per heavy atom. The van der Waals surface area contributed by atoms with Crippen molar-refractivity contribution in [1.82, 2.24) is 9.47 Å². The van der Waals surface area contributed by atoms with Crippen LogP contribution < -0.4 is 10.2 Å². The zero-order valence-electron chi connectivity index (χ0n) is 21.7. The molecule has 0 spiro atoms. The number of rotatable bonds is 6. The fourth-order valence-corrected chi connectivity index (χ4v) is 6.63. The van der Waals surface area contributed by atoms with Crippen LogP contribution in [-0.4, -0.2) is 40.3 Å². The fraction of sp³-hybridized carbons (Fsp3) is 0.300. The van der Waals surface area contributed by atoms with Crippen LogP contribution in [-0.2, 0) is 17.8 Å². The molecule has 9 heteroatoms. The maximum Gasteiger partial charge on any atom is 0.410 e. The van der Waals surface area contributed by atoms with Gasteiger partial charge in [-0.15, -0.1) is 11.3 Å². The van der Waals surface area contributed by atoms with Crippen molar-refractivity contribution in [1.29, 1.82) is 0 Å². The first kappa shape index (κ1) is 25.2. The molecule has 0 bridgehead atoms. The van der Waals surface area contributed by atoms with Gasteiger partial charge in [0.2, 0.25) is 5.43 Å². The lowest BCUT2D eigenvalue weighted by Crippen LogP contribution is -2.38. The minimum Gasteiger partial charge on any atom is -0.494 e. The summed E-state index contributed by atoms with van der Waals surface area (Å²) in [6.45, 7) is 2.80. The second-order valence-corrected chi connectivity index (χ2v) is 11.1. The molecular weight excluding hydrogens is 516 g/mol. The van der Waals surface area contributed by atoms with Crippen LogP contribution in [0.25, 0.3) is 21.3 Å². The van der Waals surface area contributed by atoms with Gasteiger partial charge in [-0.1, -0.05) is 30.3 Å². The van der Waals surface area contributed by atoms with Crippen molar-refractivity contribution in [3.05, 3.63) is 86.5 Å². The monoisotopic (exact) mass is 544 g/mol. The van der Waals surface area contributed by atoms with Crippen LogP contribution in [0.5, 0.6) is 5.75 Å². The molecule has 8 nitrogen and oxygen atoms in total. The van der Waals surface area contributed by atoms with Gasteiger partial charge >= 0.3 is 12.1 Å². The predicted octanol–water partition coefficient (Wildman–Crippen LogP) is 6.03. The van der Waals surface area contributed by atoms with Crippen molar-refractivity contribution in [2.45, 2.75) is 44.9 Å². The largest absolute Gasteiger partial charge is 0.494 e. The Balaban J connectivity index is 1.35. The molecule has 2 aromatic carbocycles. The van der Waals surface area contributed by atoms with E-state index in [0.717, 1.165) is 40.8 Å². The van der Waals surface area contributed by atoms with Gasteiger partial charge in [-0.3, -0.25) is 4.79 Å². The number of aromatic nitrogens is 1. The van der Waals surface area contributed by atoms with E-state index in [2.05, 4.69) is 6.07 Å². The number of thiophene rings is 1. The molecule has 4 aromatic rings. The zero-order chi connectivity index (χ0) is 27.3. The Morgan fingerprint density at radius 1 is 1.13 bits per heavy atom. The molecule has 39 heavy (non-hydrogen) atoms. The third-order valence-corrected chi connectivity index (χ3v) is 8.81. The van der Waals surface area contributed by atoms with E-state index in [-0.39, 0.29) is 30.3 Å². The van der Waals surface area contributed by atoms with Crippen LogP contribution >= 0.6 is 11.3 Å². The van der Waals surface area contributed by atoms with Crippen molar-refractivity contribution in [3.8, 4) is 16.2 Å². The summed E-state index contributed by atoms with van der Waals surface area (Å²) >= 11 is 1.66. The summed E-state index contributed by atoms with van der Waals surface area (Å²) in [6.07, 6.45) is 3.68. The van der Waals surface area contributed by atoms with Gasteiger partial charge < -0.3 is 24.0 Å². The normalized spacial score (nSPS) is 16.7. The molecule has 1 unspecified atom stereocenters. The van der Waals surface area contributed by atoms with Crippen LogP contribution in [0.2, 0.25) is 0 Å². The summed E-state index contributed by atoms with van der Waals surface area (Å²) in [5.41, 5.74) is 2.73. The van der Waals surface area contributed by atoms with Crippen molar-refractivity contribution >= 4 is 34.3 Å². The summed E-state index contributed by atoms with van der Waals surface area (Å²) in [4.78, 5) is 41.7. The molecule has 6 rings (SSSR count). The van der Waals surface area contributed by atoms with Gasteiger partial charge in [0.1, 0.15) is 12.2 Å². The van der Waals surface area contributed by atoms with Crippen LogP contribution in [0, 0.1) is 0 Å². The number of methoxy groups -OCH3 is 1. The van der Waals surface area contributed by atoms with Crippen molar-refractivity contribution in [3.63, 3.8) is 0 Å². The number of carbonyl (C=O) groups excluding carboxylic acids is 1. The molecule has 0 saturated heterocycles. The van der Waals surface area contributed by atoms with Crippen molar-refractivity contribution in [2.75, 3.05) is 13.7 Å². The van der Waals surface area contributed by atoms with E-state index in [1.165, 1.54) is 11.1 Å². The number of carboxylic acids is 1. The molecular formula is C30H28N2O6S. The topological polar surface area (TPSA) is 98.1 Å². The minimum absolute atomic E-state index is 0.141. The van der Waals surface area contributed by atoms with Crippen molar-refractivity contribution < 1.29 is 24.2 Å². The molecule has 0 radical (unpaired) electrons. The summed E-state index contributed by atoms with van der Waals surface area (Å²) in [5.74, 6) is -0.676. The van der Waals surface area contributed by atoms with Crippen LogP contribution in [0.3, 0.4) is 0 Å². The molecule has 1 fully saturated rings. The molecule has 200 valence electrons. The number of amides is 1. The van der Waals surface area contributed by atoms with E-state index in [0.29, 0.717) is 23.2 Å². The second kappa shape index (κ2) is 9.89. The summed E-state index contributed by atoms with van der Waals surface area (Å²) < 4.78 is 13.4. The standard InChI is InChI=1S/C30H28N2O6S/c1-17-22-14-25(39-24(22)12-13-31(17)30(36)38-16-18-6-4-3-5-7-18)20-10-11-21-26(28(20)37-2)32(19-8-9-19)15-23(27(21)33)29(34)35/h3-7,10-11,14-15,17,19H,8-9,12-13,16H2,1-2H3,(H,34,35). The van der Waals surface area contributed by atoms with E-state index < -0.39 is 11.4 Å². The molecule has 3 heterocycles. The van der Waals surface area contributed by atoms with Crippen LogP contribution in [0.15, 0.2) is 59.5 Å². The number of hydrogen-bond donors (Lipinski definition) is 1. The third-order valence-electron chi connectivity index (χ3n) is 7.57. The lowest BCUT2D eigenvalue weighted by atomic mass is 10.00. The predicted molar refractivity (Wildman–Crippen MR) is 149 cm³/mol. The van der Waals surface area contributed by atoms with Crippen LogP contribution in [0.1, 0.15) is 58.2 Å². The first-order valence-corrected chi connectivity index (χ1v) is 13.8. The fourth-order valence-electron chi connectivity index (χ4n) is 5.37. The average molecular weight is 545 g/mol. The van der Waals surface area contributed by atoms with Gasteiger partial charge in [-0.25, -0.2) is 9.59 Å². The Bertz CT molecular complexity index is 1650. The number of benzene rings is 2. The summed E-state index contributed by atoms with van der Waals surface area (Å²) in [6, 6.07) is 15.2. The summed E-state index contributed by atoms with van der Waals surface area (Å²) in [7, 11) is 1.58. The van der Waals surface area contributed by atoms with Gasteiger partial charge in [0.25, 0.3) is 0 Å². The Morgan fingerprint density at radius 3 is 2.59 bits per heavy atom. The number of carboxylic acid groups (broad SMARTS) is 1. The van der Waals surface area contributed by atoms with E-state index >= 15 is 0 Å². The van der Waals surface area contributed by atoms with Gasteiger partial charge in [0, 0.05) is 34.1 Å². The quantitative estimate of drug-likeness (QED) is 0.318. The molecule has 1 amide bonds. The molecule has 1 aliphatic heterocycles. The van der Waals surface area contributed by atoms with Gasteiger partial charge in [0.05, 0.1) is 24.1 Å². The number of ether oxygens (including phenoxy) is 2. The average Bonchev–Trinajstić information content (AvgIpc) is 3.69. The van der Waals surface area contributed by atoms with Crippen molar-refractivity contribution in [2.24, 2.45) is 0 Å². The molecule has 2 aromatic heterocycles.